The Kier molecular flexibility index (Phi) is 7.06. The molecule has 0 radical (unpaired) electrons. The van der Waals surface area contributed by atoms with E-state index in [2.05, 4.69) is 47.5 Å². The number of carbonyl (C=O) groups is 1. The van der Waals surface area contributed by atoms with Gasteiger partial charge >= 0.3 is 0 Å². The van der Waals surface area contributed by atoms with E-state index < -0.39 is 0 Å². The number of benzene rings is 1. The Morgan fingerprint density at radius 2 is 1.91 bits per heavy atom. The summed E-state index contributed by atoms with van der Waals surface area (Å²) in [5, 5.41) is 3.15. The smallest absolute Gasteiger partial charge is 0.237 e. The quantitative estimate of drug-likeness (QED) is 0.838. The first-order valence-electron chi connectivity index (χ1n) is 8.80. The lowest BCUT2D eigenvalue weighted by Gasteiger charge is -2.32. The zero-order valence-electron chi connectivity index (χ0n) is 14.8. The second-order valence-electron chi connectivity index (χ2n) is 6.84. The van der Waals surface area contributed by atoms with E-state index in [0.29, 0.717) is 5.92 Å². The van der Waals surface area contributed by atoms with Crippen LogP contribution in [0.25, 0.3) is 0 Å². The summed E-state index contributed by atoms with van der Waals surface area (Å²) in [5.41, 5.74) is 1.39. The molecule has 1 aromatic carbocycles. The molecular formula is C19H31N3O. The lowest BCUT2D eigenvalue weighted by Crippen LogP contribution is -2.45. The second-order valence-corrected chi connectivity index (χ2v) is 6.84. The molecule has 1 heterocycles. The van der Waals surface area contributed by atoms with Crippen molar-refractivity contribution >= 4 is 5.91 Å². The van der Waals surface area contributed by atoms with Gasteiger partial charge in [0.05, 0.1) is 6.04 Å². The molecule has 1 unspecified atom stereocenters. The van der Waals surface area contributed by atoms with Crippen LogP contribution in [0, 0.1) is 5.92 Å². The minimum absolute atomic E-state index is 0.00632. The Balaban J connectivity index is 1.69. The Bertz CT molecular complexity index is 467. The fourth-order valence-electron chi connectivity index (χ4n) is 3.34. The molecule has 0 spiro atoms. The van der Waals surface area contributed by atoms with Crippen LogP contribution in [0.3, 0.4) is 0 Å². The maximum atomic E-state index is 12.2. The van der Waals surface area contributed by atoms with Crippen molar-refractivity contribution in [3.63, 3.8) is 0 Å². The fraction of sp³-hybridized carbons (Fsp3) is 0.632. The summed E-state index contributed by atoms with van der Waals surface area (Å²) in [6, 6.07) is 10.7. The van der Waals surface area contributed by atoms with Gasteiger partial charge in [-0.25, -0.2) is 0 Å². The van der Waals surface area contributed by atoms with Gasteiger partial charge in [-0.1, -0.05) is 37.3 Å². The van der Waals surface area contributed by atoms with Crippen LogP contribution in [-0.4, -0.2) is 55.5 Å². The summed E-state index contributed by atoms with van der Waals surface area (Å²) in [6.07, 6.45) is 3.20. The third-order valence-corrected chi connectivity index (χ3v) is 4.83. The molecule has 0 bridgehead atoms. The van der Waals surface area contributed by atoms with E-state index in [0.717, 1.165) is 32.6 Å². The van der Waals surface area contributed by atoms with Crippen LogP contribution < -0.4 is 5.32 Å². The number of nitrogens with one attached hydrogen (secondary N) is 1. The van der Waals surface area contributed by atoms with Crippen molar-refractivity contribution in [1.82, 2.24) is 15.1 Å². The molecule has 4 heteroatoms. The minimum Gasteiger partial charge on any atom is -0.354 e. The van der Waals surface area contributed by atoms with Crippen molar-refractivity contribution in [3.8, 4) is 0 Å². The lowest BCUT2D eigenvalue weighted by atomic mass is 9.96. The van der Waals surface area contributed by atoms with Crippen molar-refractivity contribution in [1.29, 1.82) is 0 Å². The van der Waals surface area contributed by atoms with Crippen molar-refractivity contribution in [2.75, 3.05) is 33.7 Å². The third-order valence-electron chi connectivity index (χ3n) is 4.83. The lowest BCUT2D eigenvalue weighted by molar-refractivity contribution is -0.125. The molecular weight excluding hydrogens is 286 g/mol. The first kappa shape index (κ1) is 18.0. The van der Waals surface area contributed by atoms with E-state index in [1.165, 1.54) is 18.4 Å². The average Bonchev–Trinajstić information content (AvgIpc) is 2.55. The number of hydrogen-bond donors (Lipinski definition) is 1. The number of hydrogen-bond acceptors (Lipinski definition) is 3. The Hall–Kier alpha value is -1.39. The van der Waals surface area contributed by atoms with Gasteiger partial charge in [-0.05, 0) is 57.9 Å². The first-order valence-corrected chi connectivity index (χ1v) is 8.80. The molecule has 1 amide bonds. The van der Waals surface area contributed by atoms with Crippen LogP contribution in [0.5, 0.6) is 0 Å². The molecule has 0 aromatic heterocycles. The zero-order chi connectivity index (χ0) is 16.7. The molecule has 0 aliphatic carbocycles. The molecule has 4 nitrogen and oxygen atoms in total. The molecule has 1 fully saturated rings. The highest BCUT2D eigenvalue weighted by molar-refractivity contribution is 5.81. The largest absolute Gasteiger partial charge is 0.354 e. The topological polar surface area (TPSA) is 35.6 Å². The van der Waals surface area contributed by atoms with Crippen molar-refractivity contribution in [3.05, 3.63) is 35.9 Å². The molecule has 1 aliphatic rings. The van der Waals surface area contributed by atoms with Gasteiger partial charge in [-0.15, -0.1) is 0 Å². The normalized spacial score (nSPS) is 18.1. The van der Waals surface area contributed by atoms with E-state index in [1.807, 2.05) is 19.0 Å². The maximum Gasteiger partial charge on any atom is 0.237 e. The van der Waals surface area contributed by atoms with Gasteiger partial charge in [-0.2, -0.15) is 0 Å². The number of carbonyl (C=O) groups excluding carboxylic acids is 1. The molecule has 1 aliphatic heterocycles. The number of likely N-dealkylation sites (tertiary alicyclic amines) is 1. The third kappa shape index (κ3) is 5.63. The van der Waals surface area contributed by atoms with E-state index in [9.17, 15) is 4.79 Å². The number of likely N-dealkylation sites (N-methyl/N-ethyl adjacent to an activating group) is 1. The predicted octanol–water partition coefficient (Wildman–Crippen LogP) is 2.35. The summed E-state index contributed by atoms with van der Waals surface area (Å²) in [4.78, 5) is 16.7. The van der Waals surface area contributed by atoms with Gasteiger partial charge in [0.25, 0.3) is 0 Å². The number of nitrogens with zero attached hydrogens (tertiary/aromatic N) is 2. The Morgan fingerprint density at radius 1 is 1.26 bits per heavy atom. The van der Waals surface area contributed by atoms with Crippen LogP contribution >= 0.6 is 0 Å². The maximum absolute atomic E-state index is 12.2. The van der Waals surface area contributed by atoms with Gasteiger partial charge in [-0.3, -0.25) is 14.6 Å². The summed E-state index contributed by atoms with van der Waals surface area (Å²) < 4.78 is 0. The van der Waals surface area contributed by atoms with Gasteiger partial charge in [0.15, 0.2) is 0 Å². The molecule has 128 valence electrons. The second kappa shape index (κ2) is 9.04. The van der Waals surface area contributed by atoms with Crippen LogP contribution in [0.4, 0.5) is 0 Å². The van der Waals surface area contributed by atoms with Crippen LogP contribution in [-0.2, 0) is 11.3 Å². The Morgan fingerprint density at radius 3 is 2.48 bits per heavy atom. The highest BCUT2D eigenvalue weighted by atomic mass is 16.2. The van der Waals surface area contributed by atoms with E-state index >= 15 is 0 Å². The highest BCUT2D eigenvalue weighted by Gasteiger charge is 2.22. The van der Waals surface area contributed by atoms with E-state index in [1.54, 1.807) is 0 Å². The fourth-order valence-corrected chi connectivity index (χ4v) is 3.34. The molecule has 1 N–H and O–H groups in total. The average molecular weight is 317 g/mol. The summed E-state index contributed by atoms with van der Waals surface area (Å²) in [6.45, 7) is 6.17. The van der Waals surface area contributed by atoms with Gasteiger partial charge in [0.1, 0.15) is 0 Å². The number of rotatable bonds is 7. The van der Waals surface area contributed by atoms with Gasteiger partial charge in [0, 0.05) is 13.1 Å². The molecule has 2 rings (SSSR count). The predicted molar refractivity (Wildman–Crippen MR) is 95.2 cm³/mol. The number of piperidine rings is 1. The van der Waals surface area contributed by atoms with E-state index in [4.69, 9.17) is 0 Å². The van der Waals surface area contributed by atoms with Gasteiger partial charge < -0.3 is 5.32 Å². The molecule has 23 heavy (non-hydrogen) atoms. The summed E-state index contributed by atoms with van der Waals surface area (Å²) >= 11 is 0. The molecule has 0 saturated carbocycles. The summed E-state index contributed by atoms with van der Waals surface area (Å²) in [5.74, 6) is 0.787. The SMILES string of the molecule is CCC(C(=O)NCC1CCN(Cc2ccccc2)CC1)N(C)C. The van der Waals surface area contributed by atoms with Crippen LogP contribution in [0.2, 0.25) is 0 Å². The number of amides is 1. The zero-order valence-corrected chi connectivity index (χ0v) is 14.8. The molecule has 1 saturated heterocycles. The van der Waals surface area contributed by atoms with Crippen molar-refractivity contribution < 1.29 is 4.79 Å². The monoisotopic (exact) mass is 317 g/mol. The van der Waals surface area contributed by atoms with Crippen LogP contribution in [0.1, 0.15) is 31.7 Å². The van der Waals surface area contributed by atoms with E-state index in [-0.39, 0.29) is 11.9 Å². The highest BCUT2D eigenvalue weighted by Crippen LogP contribution is 2.18. The van der Waals surface area contributed by atoms with Crippen LogP contribution in [0.15, 0.2) is 30.3 Å². The first-order chi connectivity index (χ1) is 11.1. The minimum atomic E-state index is -0.00632. The Labute approximate surface area is 140 Å². The van der Waals surface area contributed by atoms with Crippen molar-refractivity contribution in [2.45, 2.75) is 38.8 Å². The molecule has 1 aromatic rings. The standard InChI is InChI=1S/C19H31N3O/c1-4-18(21(2)3)19(23)20-14-16-10-12-22(13-11-16)15-17-8-6-5-7-9-17/h5-9,16,18H,4,10-15H2,1-3H3,(H,20,23). The molecule has 1 atom stereocenters. The van der Waals surface area contributed by atoms with Gasteiger partial charge in [0.2, 0.25) is 5.91 Å². The van der Waals surface area contributed by atoms with Crippen molar-refractivity contribution in [2.24, 2.45) is 5.92 Å². The summed E-state index contributed by atoms with van der Waals surface area (Å²) in [7, 11) is 3.94.